The van der Waals surface area contributed by atoms with Gasteiger partial charge in [0, 0.05) is 50.8 Å². The van der Waals surface area contributed by atoms with E-state index < -0.39 is 29.9 Å². The molecule has 15 heteroatoms. The highest BCUT2D eigenvalue weighted by molar-refractivity contribution is 6.01. The Balaban J connectivity index is 1.01. The number of amides is 3. The number of carbonyl (C=O) groups is 6. The molecule has 326 valence electrons. The van der Waals surface area contributed by atoms with Gasteiger partial charge in [0.1, 0.15) is 11.9 Å². The molecule has 5 rings (SSSR count). The van der Waals surface area contributed by atoms with Crippen LogP contribution in [0.4, 0.5) is 0 Å². The molecule has 1 aromatic carbocycles. The number of hydrogen-bond acceptors (Lipinski definition) is 13. The number of aliphatic imine (C=N–C) groups is 1. The van der Waals surface area contributed by atoms with Crippen LogP contribution in [0.5, 0.6) is 5.75 Å². The summed E-state index contributed by atoms with van der Waals surface area (Å²) in [7, 11) is 0. The van der Waals surface area contributed by atoms with Gasteiger partial charge in [0.25, 0.3) is 11.8 Å². The fraction of sp³-hybridized carbons (Fsp3) is 0.578. The highest BCUT2D eigenvalue weighted by Gasteiger charge is 2.51. The lowest BCUT2D eigenvalue weighted by Gasteiger charge is -2.39. The number of benzene rings is 1. The maximum absolute atomic E-state index is 13.1. The predicted molar refractivity (Wildman–Crippen MR) is 220 cm³/mol. The number of carbonyl (C=O) groups excluding carboxylic acids is 6. The molecule has 15 nitrogen and oxygen atoms in total. The number of epoxide rings is 1. The minimum atomic E-state index is -0.668. The smallest absolute Gasteiger partial charge is 0.333 e. The van der Waals surface area contributed by atoms with E-state index in [2.05, 4.69) is 29.4 Å². The first-order valence-electron chi connectivity index (χ1n) is 20.9. The lowest BCUT2D eigenvalue weighted by molar-refractivity contribution is -0.197. The van der Waals surface area contributed by atoms with E-state index in [0.717, 1.165) is 30.4 Å². The Hall–Kier alpha value is -4.99. The normalized spacial score (nSPS) is 27.7. The van der Waals surface area contributed by atoms with Crippen molar-refractivity contribution in [2.24, 2.45) is 10.9 Å². The summed E-state index contributed by atoms with van der Waals surface area (Å²) in [5.41, 5.74) is 2.38. The van der Waals surface area contributed by atoms with E-state index in [0.29, 0.717) is 36.0 Å². The van der Waals surface area contributed by atoms with Crippen molar-refractivity contribution in [3.63, 3.8) is 0 Å². The quantitative estimate of drug-likeness (QED) is 0.0364. The number of imide groups is 1. The molecule has 0 unspecified atom stereocenters. The summed E-state index contributed by atoms with van der Waals surface area (Å²) in [4.78, 5) is 81.3. The molecule has 4 fully saturated rings. The van der Waals surface area contributed by atoms with Crippen molar-refractivity contribution >= 4 is 41.2 Å². The monoisotopic (exact) mass is 833 g/mol. The van der Waals surface area contributed by atoms with Crippen molar-refractivity contribution in [3.8, 4) is 5.75 Å². The van der Waals surface area contributed by atoms with Crippen LogP contribution in [0.25, 0.3) is 0 Å². The molecule has 60 heavy (non-hydrogen) atoms. The highest BCUT2D eigenvalue weighted by atomic mass is 16.7. The average molecular weight is 834 g/mol. The topological polar surface area (TPSA) is 189 Å². The summed E-state index contributed by atoms with van der Waals surface area (Å²) >= 11 is 0. The van der Waals surface area contributed by atoms with Crippen LogP contribution in [0.15, 0.2) is 65.2 Å². The minimum Gasteiger partial charge on any atom is -0.494 e. The second kappa shape index (κ2) is 21.5. The Morgan fingerprint density at radius 1 is 1.02 bits per heavy atom. The van der Waals surface area contributed by atoms with E-state index in [4.69, 9.17) is 28.5 Å². The van der Waals surface area contributed by atoms with E-state index in [-0.39, 0.29) is 92.5 Å². The Labute approximate surface area is 351 Å². The molecule has 0 aliphatic carbocycles. The number of nitrogens with zero attached hydrogens (tertiary/aromatic N) is 2. The first-order chi connectivity index (χ1) is 28.6. The largest absolute Gasteiger partial charge is 0.494 e. The molecule has 0 aromatic heterocycles. The van der Waals surface area contributed by atoms with Gasteiger partial charge >= 0.3 is 11.9 Å². The van der Waals surface area contributed by atoms with E-state index in [1.165, 1.54) is 13.0 Å². The number of hydroxylamine groups is 2. The number of rotatable bonds is 19. The minimum absolute atomic E-state index is 0.00520. The predicted octanol–water partition coefficient (Wildman–Crippen LogP) is 5.24. The van der Waals surface area contributed by atoms with Crippen LogP contribution in [-0.4, -0.2) is 108 Å². The fourth-order valence-electron chi connectivity index (χ4n) is 7.50. The van der Waals surface area contributed by atoms with Crippen LogP contribution in [0.2, 0.25) is 0 Å². The third-order valence-electron chi connectivity index (χ3n) is 11.0. The van der Waals surface area contributed by atoms with Gasteiger partial charge in [0.05, 0.1) is 62.2 Å². The molecule has 0 radical (unpaired) electrons. The number of ketones is 1. The molecule has 0 bridgehead atoms. The number of allylic oxidation sites excluding steroid dienone is 2. The number of nitrogens with one attached hydrogen (secondary N) is 1. The SMILES string of the molecule is CC(=O)O[C@@H](C)/C=C\C(=O)N[C@@H]1C[C@H](C)[C@H](C/C=C(C)/C=C/[C@@H]2C[C@]3(CO3)C[C@@H](CC(=O)CN=C(C)c3ccc(OCCCC(=O)ON4C(=O)CCC4=O)cc3)O2)O[C@@H]1C. The van der Waals surface area contributed by atoms with Gasteiger partial charge in [-0.05, 0) is 88.8 Å². The Bertz CT molecular complexity index is 1830. The van der Waals surface area contributed by atoms with E-state index in [1.54, 1.807) is 25.1 Å². The van der Waals surface area contributed by atoms with Gasteiger partial charge in [-0.25, -0.2) is 4.79 Å². The van der Waals surface area contributed by atoms with E-state index in [1.807, 2.05) is 39.0 Å². The molecule has 3 amide bonds. The van der Waals surface area contributed by atoms with Crippen LogP contribution in [-0.2, 0) is 52.6 Å². The zero-order valence-electron chi connectivity index (χ0n) is 35.5. The molecule has 1 spiro atoms. The summed E-state index contributed by atoms with van der Waals surface area (Å²) in [5.74, 6) is -1.54. The Morgan fingerprint density at radius 2 is 1.73 bits per heavy atom. The standard InChI is InChI=1S/C45H59N3O12/c1-28(10-17-40-29(2)22-39(32(5)58-40)47-41(51)18-11-30(3)57-33(6)49)9-14-37-24-45(27-56-45)25-38(59-37)23-35(50)26-46-31(4)34-12-15-36(16-13-34)55-21-7-8-44(54)60-48-42(52)19-20-43(48)53/h9-16,18,29-30,32,37-40H,7-8,17,19-27H2,1-6H3,(H,47,51)/b14-9+,18-11-,28-10+,46-31?/t29-,30-,32+,37+,38+,39+,40-,45+/m0/s1. The molecule has 4 aliphatic rings. The fourth-order valence-corrected chi connectivity index (χ4v) is 7.50. The van der Waals surface area contributed by atoms with Crippen LogP contribution in [0.3, 0.4) is 0 Å². The molecule has 4 saturated heterocycles. The summed E-state index contributed by atoms with van der Waals surface area (Å²) in [6, 6.07) is 7.14. The summed E-state index contributed by atoms with van der Waals surface area (Å²) in [6.07, 6.45) is 11.7. The van der Waals surface area contributed by atoms with Crippen molar-refractivity contribution in [3.05, 3.63) is 65.8 Å². The third kappa shape index (κ3) is 14.3. The third-order valence-corrected chi connectivity index (χ3v) is 11.0. The first-order valence-corrected chi connectivity index (χ1v) is 20.9. The molecule has 1 aromatic rings. The zero-order valence-corrected chi connectivity index (χ0v) is 35.5. The van der Waals surface area contributed by atoms with E-state index >= 15 is 0 Å². The van der Waals surface area contributed by atoms with Crippen LogP contribution in [0.1, 0.15) is 105 Å². The van der Waals surface area contributed by atoms with Gasteiger partial charge < -0.3 is 33.8 Å². The number of esters is 1. The van der Waals surface area contributed by atoms with Gasteiger partial charge in [-0.3, -0.25) is 29.0 Å². The van der Waals surface area contributed by atoms with Gasteiger partial charge in [0.15, 0.2) is 5.78 Å². The lowest BCUT2D eigenvalue weighted by atomic mass is 9.88. The molecule has 8 atom stereocenters. The number of hydrogen-bond donors (Lipinski definition) is 1. The van der Waals surface area contributed by atoms with Crippen molar-refractivity contribution < 1.29 is 57.3 Å². The zero-order chi connectivity index (χ0) is 43.4. The van der Waals surface area contributed by atoms with Crippen molar-refractivity contribution in [1.29, 1.82) is 0 Å². The molecule has 1 N–H and O–H groups in total. The molecule has 0 saturated carbocycles. The number of Topliss-reactive ketones (excluding diaryl/α,β-unsaturated/α-hetero) is 1. The summed E-state index contributed by atoms with van der Waals surface area (Å²) in [5, 5.41) is 3.56. The van der Waals surface area contributed by atoms with Crippen molar-refractivity contribution in [2.45, 2.75) is 141 Å². The van der Waals surface area contributed by atoms with Gasteiger partial charge in [-0.15, -0.1) is 5.06 Å². The average Bonchev–Trinajstić information content (AvgIpc) is 3.87. The lowest BCUT2D eigenvalue weighted by Crippen LogP contribution is -2.50. The maximum Gasteiger partial charge on any atom is 0.333 e. The molecular formula is C45H59N3O12. The first kappa shape index (κ1) is 46.1. The van der Waals surface area contributed by atoms with Gasteiger partial charge in [0.2, 0.25) is 5.91 Å². The Kier molecular flexibility index (Phi) is 16.5. The van der Waals surface area contributed by atoms with E-state index in [9.17, 15) is 28.8 Å². The van der Waals surface area contributed by atoms with Crippen LogP contribution >= 0.6 is 0 Å². The molecule has 4 heterocycles. The Morgan fingerprint density at radius 3 is 2.42 bits per heavy atom. The van der Waals surface area contributed by atoms with Crippen molar-refractivity contribution in [2.75, 3.05) is 19.8 Å². The molecular weight excluding hydrogens is 775 g/mol. The molecule has 4 aliphatic heterocycles. The second-order valence-corrected chi connectivity index (χ2v) is 16.3. The summed E-state index contributed by atoms with van der Waals surface area (Å²) < 4.78 is 29.3. The van der Waals surface area contributed by atoms with Gasteiger partial charge in [-0.1, -0.05) is 30.7 Å². The van der Waals surface area contributed by atoms with Crippen molar-refractivity contribution in [1.82, 2.24) is 10.4 Å². The van der Waals surface area contributed by atoms with Crippen LogP contribution < -0.4 is 10.1 Å². The highest BCUT2D eigenvalue weighted by Crippen LogP contribution is 2.43. The second-order valence-electron chi connectivity index (χ2n) is 16.3. The number of ether oxygens (including phenoxy) is 5. The van der Waals surface area contributed by atoms with Gasteiger partial charge in [-0.2, -0.15) is 0 Å². The summed E-state index contributed by atoms with van der Waals surface area (Å²) in [6.45, 7) is 11.9. The maximum atomic E-state index is 13.1. The van der Waals surface area contributed by atoms with Crippen LogP contribution in [0, 0.1) is 5.92 Å².